The smallest absolute Gasteiger partial charge is 0.251 e. The number of rotatable bonds is 3. The van der Waals surface area contributed by atoms with Gasteiger partial charge in [0.15, 0.2) is 0 Å². The molecule has 28 heavy (non-hydrogen) atoms. The van der Waals surface area contributed by atoms with E-state index in [1.54, 1.807) is 11.9 Å². The van der Waals surface area contributed by atoms with E-state index < -0.39 is 0 Å². The fourth-order valence-corrected chi connectivity index (χ4v) is 3.71. The van der Waals surface area contributed by atoms with E-state index in [1.807, 2.05) is 42.6 Å². The third-order valence-corrected chi connectivity index (χ3v) is 5.32. The monoisotopic (exact) mass is 373 g/mol. The molecule has 1 N–H and O–H groups in total. The van der Waals surface area contributed by atoms with Crippen LogP contribution in [0.5, 0.6) is 0 Å². The summed E-state index contributed by atoms with van der Waals surface area (Å²) in [6.45, 7) is 2.63. The molecular weight excluding hydrogens is 350 g/mol. The van der Waals surface area contributed by atoms with E-state index in [2.05, 4.69) is 29.4 Å². The number of likely N-dealkylation sites (N-methyl/N-ethyl adjacent to an activating group) is 1. The molecule has 0 saturated carbocycles. The van der Waals surface area contributed by atoms with Crippen molar-refractivity contribution in [3.63, 3.8) is 0 Å². The van der Waals surface area contributed by atoms with Gasteiger partial charge >= 0.3 is 0 Å². The first-order chi connectivity index (χ1) is 13.5. The van der Waals surface area contributed by atoms with Gasteiger partial charge in [0.05, 0.1) is 5.52 Å². The Morgan fingerprint density at radius 2 is 1.93 bits per heavy atom. The maximum atomic E-state index is 12.6. The summed E-state index contributed by atoms with van der Waals surface area (Å²) in [7, 11) is 1.77. The van der Waals surface area contributed by atoms with Gasteiger partial charge < -0.3 is 10.2 Å². The second kappa shape index (κ2) is 7.43. The number of fused-ring (bicyclic) bond motifs is 1. The van der Waals surface area contributed by atoms with E-state index in [9.17, 15) is 9.59 Å². The van der Waals surface area contributed by atoms with Gasteiger partial charge in [-0.3, -0.25) is 14.6 Å². The lowest BCUT2D eigenvalue weighted by Crippen LogP contribution is -2.48. The molecule has 142 valence electrons. The Morgan fingerprint density at radius 1 is 1.14 bits per heavy atom. The minimum Gasteiger partial charge on any atom is -0.348 e. The number of carbonyl (C=O) groups is 2. The Bertz CT molecular complexity index is 1040. The first kappa shape index (κ1) is 18.2. The van der Waals surface area contributed by atoms with Crippen molar-refractivity contribution in [3.05, 3.63) is 65.9 Å². The van der Waals surface area contributed by atoms with Crippen LogP contribution in [-0.4, -0.2) is 41.3 Å². The molecule has 1 saturated heterocycles. The largest absolute Gasteiger partial charge is 0.348 e. The highest BCUT2D eigenvalue weighted by Crippen LogP contribution is 2.28. The number of hydrogen-bond donors (Lipinski definition) is 1. The molecule has 0 spiro atoms. The van der Waals surface area contributed by atoms with Crippen LogP contribution in [0, 0.1) is 6.92 Å². The van der Waals surface area contributed by atoms with Gasteiger partial charge in [0.2, 0.25) is 5.91 Å². The third kappa shape index (κ3) is 3.60. The van der Waals surface area contributed by atoms with Crippen molar-refractivity contribution in [3.8, 4) is 11.1 Å². The molecule has 4 rings (SSSR count). The standard InChI is InChI=1S/C23H23N3O2/c1-15-3-9-21-20(13-15)19(11-12-24-21)16-4-6-17(7-5-16)23(28)25-18-8-10-22(27)26(2)14-18/h3-7,9,11-13,18H,8,10,14H2,1-2H3,(H,25,28). The zero-order valence-electron chi connectivity index (χ0n) is 16.1. The molecular formula is C23H23N3O2. The van der Waals surface area contributed by atoms with Crippen molar-refractivity contribution >= 4 is 22.7 Å². The van der Waals surface area contributed by atoms with Crippen molar-refractivity contribution in [2.24, 2.45) is 0 Å². The first-order valence-corrected chi connectivity index (χ1v) is 9.52. The lowest BCUT2D eigenvalue weighted by Gasteiger charge is -2.30. The molecule has 1 aliphatic heterocycles. The highest BCUT2D eigenvalue weighted by molar-refractivity contribution is 5.97. The van der Waals surface area contributed by atoms with Crippen LogP contribution in [0.2, 0.25) is 0 Å². The van der Waals surface area contributed by atoms with Gasteiger partial charge in [0.25, 0.3) is 5.91 Å². The quantitative estimate of drug-likeness (QED) is 0.764. The molecule has 1 unspecified atom stereocenters. The summed E-state index contributed by atoms with van der Waals surface area (Å²) < 4.78 is 0. The maximum absolute atomic E-state index is 12.6. The SMILES string of the molecule is Cc1ccc2nccc(-c3ccc(C(=O)NC4CCC(=O)N(C)C4)cc3)c2c1. The molecule has 2 amide bonds. The van der Waals surface area contributed by atoms with Crippen molar-refractivity contribution in [2.75, 3.05) is 13.6 Å². The highest BCUT2D eigenvalue weighted by atomic mass is 16.2. The second-order valence-corrected chi connectivity index (χ2v) is 7.44. The van der Waals surface area contributed by atoms with Crippen LogP contribution in [-0.2, 0) is 4.79 Å². The lowest BCUT2D eigenvalue weighted by molar-refractivity contribution is -0.132. The Morgan fingerprint density at radius 3 is 2.68 bits per heavy atom. The van der Waals surface area contributed by atoms with E-state index in [0.29, 0.717) is 24.9 Å². The average Bonchev–Trinajstić information content (AvgIpc) is 2.70. The summed E-state index contributed by atoms with van der Waals surface area (Å²) in [4.78, 5) is 30.3. The third-order valence-electron chi connectivity index (χ3n) is 5.32. The Labute approximate surface area is 164 Å². The van der Waals surface area contributed by atoms with Crippen LogP contribution in [0.3, 0.4) is 0 Å². The fourth-order valence-electron chi connectivity index (χ4n) is 3.71. The van der Waals surface area contributed by atoms with Crippen molar-refractivity contribution < 1.29 is 9.59 Å². The van der Waals surface area contributed by atoms with E-state index in [1.165, 1.54) is 5.56 Å². The molecule has 1 atom stereocenters. The van der Waals surface area contributed by atoms with Crippen LogP contribution >= 0.6 is 0 Å². The summed E-state index contributed by atoms with van der Waals surface area (Å²) >= 11 is 0. The minimum atomic E-state index is -0.102. The molecule has 1 aromatic heterocycles. The van der Waals surface area contributed by atoms with Crippen molar-refractivity contribution in [1.29, 1.82) is 0 Å². The second-order valence-electron chi connectivity index (χ2n) is 7.44. The number of piperidine rings is 1. The first-order valence-electron chi connectivity index (χ1n) is 9.52. The van der Waals surface area contributed by atoms with Gasteiger partial charge in [-0.25, -0.2) is 0 Å². The van der Waals surface area contributed by atoms with Gasteiger partial charge in [-0.15, -0.1) is 0 Å². The molecule has 2 heterocycles. The molecule has 1 fully saturated rings. The number of hydrogen-bond acceptors (Lipinski definition) is 3. The van der Waals surface area contributed by atoms with Gasteiger partial charge in [0.1, 0.15) is 0 Å². The van der Waals surface area contributed by atoms with Crippen LogP contribution in [0.4, 0.5) is 0 Å². The molecule has 0 bridgehead atoms. The minimum absolute atomic E-state index is 0.00185. The summed E-state index contributed by atoms with van der Waals surface area (Å²) in [5.41, 5.74) is 4.93. The summed E-state index contributed by atoms with van der Waals surface area (Å²) in [5.74, 6) is 0.0318. The number of aromatic nitrogens is 1. The Hall–Kier alpha value is -3.21. The van der Waals surface area contributed by atoms with Gasteiger partial charge in [-0.2, -0.15) is 0 Å². The number of nitrogens with zero attached hydrogens (tertiary/aromatic N) is 2. The molecule has 5 nitrogen and oxygen atoms in total. The molecule has 0 radical (unpaired) electrons. The van der Waals surface area contributed by atoms with E-state index in [4.69, 9.17) is 0 Å². The normalized spacial score (nSPS) is 17.0. The predicted molar refractivity (Wildman–Crippen MR) is 110 cm³/mol. The van der Waals surface area contributed by atoms with Crippen LogP contribution < -0.4 is 5.32 Å². The highest BCUT2D eigenvalue weighted by Gasteiger charge is 2.24. The summed E-state index contributed by atoms with van der Waals surface area (Å²) in [5, 5.41) is 4.15. The molecule has 0 aliphatic carbocycles. The average molecular weight is 373 g/mol. The van der Waals surface area contributed by atoms with Crippen molar-refractivity contribution in [1.82, 2.24) is 15.2 Å². The molecule has 1 aliphatic rings. The van der Waals surface area contributed by atoms with E-state index >= 15 is 0 Å². The van der Waals surface area contributed by atoms with Crippen molar-refractivity contribution in [2.45, 2.75) is 25.8 Å². The summed E-state index contributed by atoms with van der Waals surface area (Å²) in [6.07, 6.45) is 2.98. The predicted octanol–water partition coefficient (Wildman–Crippen LogP) is 3.56. The Balaban J connectivity index is 1.54. The molecule has 2 aromatic carbocycles. The zero-order valence-corrected chi connectivity index (χ0v) is 16.1. The zero-order chi connectivity index (χ0) is 19.7. The van der Waals surface area contributed by atoms with E-state index in [0.717, 1.165) is 22.0 Å². The van der Waals surface area contributed by atoms with Gasteiger partial charge in [0, 0.05) is 43.2 Å². The number of amides is 2. The number of carbonyl (C=O) groups excluding carboxylic acids is 2. The fraction of sp³-hybridized carbons (Fsp3) is 0.261. The van der Waals surface area contributed by atoms with Gasteiger partial charge in [-0.1, -0.05) is 23.8 Å². The molecule has 5 heteroatoms. The number of pyridine rings is 1. The van der Waals surface area contributed by atoms with Gasteiger partial charge in [-0.05, 0) is 54.8 Å². The van der Waals surface area contributed by atoms with Crippen LogP contribution in [0.25, 0.3) is 22.0 Å². The number of aryl methyl sites for hydroxylation is 1. The van der Waals surface area contributed by atoms with Crippen LogP contribution in [0.15, 0.2) is 54.7 Å². The number of nitrogens with one attached hydrogen (secondary N) is 1. The van der Waals surface area contributed by atoms with E-state index in [-0.39, 0.29) is 17.9 Å². The maximum Gasteiger partial charge on any atom is 0.251 e. The number of benzene rings is 2. The van der Waals surface area contributed by atoms with Crippen LogP contribution in [0.1, 0.15) is 28.8 Å². The number of likely N-dealkylation sites (tertiary alicyclic amines) is 1. The molecule has 3 aromatic rings. The lowest BCUT2D eigenvalue weighted by atomic mass is 9.99. The Kier molecular flexibility index (Phi) is 4.82. The summed E-state index contributed by atoms with van der Waals surface area (Å²) in [6, 6.07) is 15.9. The topological polar surface area (TPSA) is 62.3 Å².